The molecule has 0 unspecified atom stereocenters. The van der Waals surface area contributed by atoms with E-state index in [0.717, 1.165) is 18.2 Å². The van der Waals surface area contributed by atoms with E-state index in [1.165, 1.54) is 7.11 Å². The third kappa shape index (κ3) is 4.61. The van der Waals surface area contributed by atoms with E-state index in [4.69, 9.17) is 9.47 Å². The van der Waals surface area contributed by atoms with E-state index in [1.807, 2.05) is 0 Å². The van der Waals surface area contributed by atoms with Crippen molar-refractivity contribution in [3.05, 3.63) is 48.0 Å². The van der Waals surface area contributed by atoms with Crippen molar-refractivity contribution < 1.29 is 37.3 Å². The molecular formula is C20H17F3NO5-. The Labute approximate surface area is 164 Å². The summed E-state index contributed by atoms with van der Waals surface area (Å²) in [5.41, 5.74) is -1.56. The molecular weight excluding hydrogens is 391 g/mol. The van der Waals surface area contributed by atoms with Crippen molar-refractivity contribution in [1.29, 1.82) is 0 Å². The minimum Gasteiger partial charge on any atom is -0.550 e. The molecule has 0 bridgehead atoms. The molecule has 0 aliphatic heterocycles. The second-order valence-corrected chi connectivity index (χ2v) is 6.58. The maximum absolute atomic E-state index is 13.3. The van der Waals surface area contributed by atoms with Crippen LogP contribution in [0.25, 0.3) is 0 Å². The van der Waals surface area contributed by atoms with Crippen LogP contribution in [0.1, 0.15) is 18.4 Å². The van der Waals surface area contributed by atoms with E-state index >= 15 is 0 Å². The van der Waals surface area contributed by atoms with Gasteiger partial charge in [0.1, 0.15) is 17.2 Å². The molecule has 9 heteroatoms. The molecule has 0 saturated heterocycles. The standard InChI is InChI=1S/C20H18F3NO5/c1-28-11-2-4-12(5-3-11)29-13-6-9-16(20(21,22)23)17(10-13)24-18(25)14-7-8-15(14)19(26)27/h2-6,9-10,14-15H,7-8H2,1H3,(H,24,25)(H,26,27)/p-1/t14-,15-/m1/s1. The predicted molar refractivity (Wildman–Crippen MR) is 94.4 cm³/mol. The van der Waals surface area contributed by atoms with Crippen LogP contribution in [-0.2, 0) is 15.8 Å². The number of alkyl halides is 3. The average Bonchev–Trinajstić information content (AvgIpc) is 2.60. The summed E-state index contributed by atoms with van der Waals surface area (Å²) in [6.07, 6.45) is -4.18. The number of benzene rings is 2. The number of ether oxygens (including phenoxy) is 2. The first kappa shape index (κ1) is 20.5. The molecule has 0 radical (unpaired) electrons. The van der Waals surface area contributed by atoms with Gasteiger partial charge >= 0.3 is 6.18 Å². The van der Waals surface area contributed by atoms with E-state index < -0.39 is 41.1 Å². The van der Waals surface area contributed by atoms with Gasteiger partial charge in [-0.15, -0.1) is 0 Å². The Kier molecular flexibility index (Phi) is 5.67. The van der Waals surface area contributed by atoms with Gasteiger partial charge in [-0.2, -0.15) is 13.2 Å². The Morgan fingerprint density at radius 1 is 1.00 bits per heavy atom. The lowest BCUT2D eigenvalue weighted by atomic mass is 9.73. The molecule has 6 nitrogen and oxygen atoms in total. The second-order valence-electron chi connectivity index (χ2n) is 6.58. The number of amides is 1. The number of aliphatic carboxylic acids is 1. The summed E-state index contributed by atoms with van der Waals surface area (Å²) in [7, 11) is 1.49. The van der Waals surface area contributed by atoms with Crippen molar-refractivity contribution in [2.24, 2.45) is 11.8 Å². The zero-order valence-electron chi connectivity index (χ0n) is 15.3. The summed E-state index contributed by atoms with van der Waals surface area (Å²) in [5.74, 6) is -3.08. The van der Waals surface area contributed by atoms with E-state index in [2.05, 4.69) is 5.32 Å². The molecule has 1 aliphatic rings. The number of hydrogen-bond donors (Lipinski definition) is 1. The van der Waals surface area contributed by atoms with Crippen LogP contribution >= 0.6 is 0 Å². The molecule has 0 spiro atoms. The van der Waals surface area contributed by atoms with Crippen LogP contribution in [0.5, 0.6) is 17.2 Å². The Bertz CT molecular complexity index is 911. The largest absolute Gasteiger partial charge is 0.550 e. The van der Waals surface area contributed by atoms with E-state index in [1.54, 1.807) is 24.3 Å². The summed E-state index contributed by atoms with van der Waals surface area (Å²) in [6.45, 7) is 0. The fourth-order valence-corrected chi connectivity index (χ4v) is 3.04. The zero-order valence-corrected chi connectivity index (χ0v) is 15.3. The van der Waals surface area contributed by atoms with Gasteiger partial charge in [0.15, 0.2) is 0 Å². The first-order valence-electron chi connectivity index (χ1n) is 8.74. The minimum atomic E-state index is -4.71. The van der Waals surface area contributed by atoms with Crippen LogP contribution in [0.4, 0.5) is 18.9 Å². The molecule has 1 N–H and O–H groups in total. The highest BCUT2D eigenvalue weighted by molar-refractivity contribution is 5.96. The number of carbonyl (C=O) groups is 2. The fourth-order valence-electron chi connectivity index (χ4n) is 3.04. The predicted octanol–water partition coefficient (Wildman–Crippen LogP) is 3.22. The van der Waals surface area contributed by atoms with Crippen molar-refractivity contribution in [1.82, 2.24) is 0 Å². The van der Waals surface area contributed by atoms with Gasteiger partial charge in [-0.05, 0) is 49.2 Å². The molecule has 2 aromatic rings. The summed E-state index contributed by atoms with van der Waals surface area (Å²) < 4.78 is 50.6. The van der Waals surface area contributed by atoms with Crippen molar-refractivity contribution in [3.8, 4) is 17.2 Å². The smallest absolute Gasteiger partial charge is 0.418 e. The minimum absolute atomic E-state index is 0.0727. The van der Waals surface area contributed by atoms with Gasteiger partial charge in [0, 0.05) is 23.9 Å². The van der Waals surface area contributed by atoms with Crippen molar-refractivity contribution in [2.75, 3.05) is 12.4 Å². The first-order valence-corrected chi connectivity index (χ1v) is 8.74. The van der Waals surface area contributed by atoms with Gasteiger partial charge in [0.05, 0.1) is 18.4 Å². The first-order chi connectivity index (χ1) is 13.7. The summed E-state index contributed by atoms with van der Waals surface area (Å²) in [4.78, 5) is 23.3. The lowest BCUT2D eigenvalue weighted by Gasteiger charge is -2.36. The molecule has 1 amide bonds. The van der Waals surface area contributed by atoms with Crippen LogP contribution in [0.15, 0.2) is 42.5 Å². The van der Waals surface area contributed by atoms with Crippen molar-refractivity contribution in [2.45, 2.75) is 19.0 Å². The average molecular weight is 408 g/mol. The molecule has 1 saturated carbocycles. The van der Waals surface area contributed by atoms with Gasteiger partial charge in [0.2, 0.25) is 5.91 Å². The van der Waals surface area contributed by atoms with Gasteiger partial charge in [-0.1, -0.05) is 0 Å². The molecule has 2 aromatic carbocycles. The van der Waals surface area contributed by atoms with Crippen molar-refractivity contribution in [3.63, 3.8) is 0 Å². The van der Waals surface area contributed by atoms with E-state index in [-0.39, 0.29) is 18.6 Å². The Balaban J connectivity index is 1.83. The lowest BCUT2D eigenvalue weighted by molar-refractivity contribution is -0.316. The highest BCUT2D eigenvalue weighted by Gasteiger charge is 2.39. The number of carboxylic acids is 1. The Hall–Kier alpha value is -3.23. The zero-order chi connectivity index (χ0) is 21.2. The third-order valence-corrected chi connectivity index (χ3v) is 4.76. The maximum Gasteiger partial charge on any atom is 0.418 e. The lowest BCUT2D eigenvalue weighted by Crippen LogP contribution is -2.46. The monoisotopic (exact) mass is 408 g/mol. The van der Waals surface area contributed by atoms with Crippen LogP contribution in [-0.4, -0.2) is 19.0 Å². The normalized spacial score (nSPS) is 18.5. The van der Waals surface area contributed by atoms with Crippen LogP contribution in [0.2, 0.25) is 0 Å². The fraction of sp³-hybridized carbons (Fsp3) is 0.300. The Morgan fingerprint density at radius 3 is 2.10 bits per heavy atom. The van der Waals surface area contributed by atoms with Crippen molar-refractivity contribution >= 4 is 17.6 Å². The summed E-state index contributed by atoms with van der Waals surface area (Å²) in [5, 5.41) is 13.2. The highest BCUT2D eigenvalue weighted by atomic mass is 19.4. The number of rotatable bonds is 6. The molecule has 0 heterocycles. The third-order valence-electron chi connectivity index (χ3n) is 4.76. The molecule has 0 aromatic heterocycles. The van der Waals surface area contributed by atoms with Gasteiger partial charge in [-0.25, -0.2) is 0 Å². The Morgan fingerprint density at radius 2 is 1.59 bits per heavy atom. The topological polar surface area (TPSA) is 87.7 Å². The van der Waals surface area contributed by atoms with Crippen LogP contribution in [0.3, 0.4) is 0 Å². The molecule has 2 atom stereocenters. The number of anilines is 1. The van der Waals surface area contributed by atoms with Gasteiger partial charge in [0.25, 0.3) is 0 Å². The molecule has 1 fully saturated rings. The summed E-state index contributed by atoms with van der Waals surface area (Å²) >= 11 is 0. The number of methoxy groups -OCH3 is 1. The van der Waals surface area contributed by atoms with E-state index in [9.17, 15) is 27.9 Å². The number of carbonyl (C=O) groups excluding carboxylic acids is 2. The highest BCUT2D eigenvalue weighted by Crippen LogP contribution is 2.40. The summed E-state index contributed by atoms with van der Waals surface area (Å²) in [6, 6.07) is 9.39. The molecule has 29 heavy (non-hydrogen) atoms. The number of halogens is 3. The number of carboxylic acid groups (broad SMARTS) is 1. The van der Waals surface area contributed by atoms with Crippen LogP contribution in [0, 0.1) is 11.8 Å². The quantitative estimate of drug-likeness (QED) is 0.793. The van der Waals surface area contributed by atoms with E-state index in [0.29, 0.717) is 11.5 Å². The molecule has 1 aliphatic carbocycles. The maximum atomic E-state index is 13.3. The molecule has 154 valence electrons. The van der Waals surface area contributed by atoms with Crippen LogP contribution < -0.4 is 19.9 Å². The number of hydrogen-bond acceptors (Lipinski definition) is 5. The SMILES string of the molecule is COc1ccc(Oc2ccc(C(F)(F)F)c(NC(=O)[C@@H]3CC[C@H]3C(=O)[O-])c2)cc1. The van der Waals surface area contributed by atoms with Gasteiger partial charge < -0.3 is 24.7 Å². The second kappa shape index (κ2) is 8.02. The van der Waals surface area contributed by atoms with Gasteiger partial charge in [-0.3, -0.25) is 4.79 Å². The molecule has 3 rings (SSSR count). The number of nitrogens with one attached hydrogen (secondary N) is 1.